The highest BCUT2D eigenvalue weighted by Crippen LogP contribution is 2.30. The average Bonchev–Trinajstić information content (AvgIpc) is 2.61. The molecule has 7 heteroatoms. The van der Waals surface area contributed by atoms with Gasteiger partial charge in [0, 0.05) is 25.1 Å². The summed E-state index contributed by atoms with van der Waals surface area (Å²) in [4.78, 5) is 37.7. The summed E-state index contributed by atoms with van der Waals surface area (Å²) >= 11 is 0. The van der Waals surface area contributed by atoms with E-state index in [0.717, 1.165) is 5.56 Å². The predicted molar refractivity (Wildman–Crippen MR) is 100 cm³/mol. The van der Waals surface area contributed by atoms with E-state index in [9.17, 15) is 19.5 Å². The first-order valence-electron chi connectivity index (χ1n) is 9.36. The highest BCUT2D eigenvalue weighted by Gasteiger charge is 2.36. The summed E-state index contributed by atoms with van der Waals surface area (Å²) in [5.74, 6) is -1.22. The monoisotopic (exact) mass is 376 g/mol. The second-order valence-corrected chi connectivity index (χ2v) is 6.84. The van der Waals surface area contributed by atoms with Gasteiger partial charge in [-0.25, -0.2) is 0 Å². The molecule has 3 atom stereocenters. The molecule has 0 bridgehead atoms. The number of piperidine rings is 1. The zero-order valence-corrected chi connectivity index (χ0v) is 16.1. The fraction of sp³-hybridized carbons (Fsp3) is 0.550. The summed E-state index contributed by atoms with van der Waals surface area (Å²) in [6, 6.07) is 6.41. The summed E-state index contributed by atoms with van der Waals surface area (Å²) in [6.45, 7) is 6.06. The smallest absolute Gasteiger partial charge is 0.308 e. The van der Waals surface area contributed by atoms with Gasteiger partial charge in [0.15, 0.2) is 0 Å². The van der Waals surface area contributed by atoms with Crippen LogP contribution < -0.4 is 10.1 Å². The first kappa shape index (κ1) is 20.7. The van der Waals surface area contributed by atoms with E-state index in [1.54, 1.807) is 11.8 Å². The van der Waals surface area contributed by atoms with Crippen LogP contribution in [0, 0.1) is 5.92 Å². The SMILES string of the molecule is CCOc1ccccc1C(CC(=O)N1CCC[C@H](C(=O)O)[C@@H]1C)NC(C)=O. The lowest BCUT2D eigenvalue weighted by Gasteiger charge is -2.38. The number of para-hydroxylation sites is 1. The Kier molecular flexibility index (Phi) is 7.21. The molecule has 0 aromatic heterocycles. The molecule has 1 fully saturated rings. The molecule has 1 aromatic carbocycles. The lowest BCUT2D eigenvalue weighted by molar-refractivity contribution is -0.149. The maximum Gasteiger partial charge on any atom is 0.308 e. The maximum atomic E-state index is 13.0. The van der Waals surface area contributed by atoms with Crippen LogP contribution in [0.25, 0.3) is 0 Å². The van der Waals surface area contributed by atoms with Gasteiger partial charge < -0.3 is 20.1 Å². The second-order valence-electron chi connectivity index (χ2n) is 6.84. The fourth-order valence-corrected chi connectivity index (χ4v) is 3.66. The third-order valence-electron chi connectivity index (χ3n) is 4.98. The van der Waals surface area contributed by atoms with E-state index in [4.69, 9.17) is 4.74 Å². The molecule has 1 aliphatic rings. The number of aliphatic carboxylic acids is 1. The molecule has 2 rings (SSSR count). The minimum absolute atomic E-state index is 0.0559. The molecule has 0 saturated carbocycles. The number of likely N-dealkylation sites (tertiary alicyclic amines) is 1. The van der Waals surface area contributed by atoms with Gasteiger partial charge in [0.1, 0.15) is 5.75 Å². The van der Waals surface area contributed by atoms with Gasteiger partial charge in [-0.05, 0) is 32.8 Å². The Bertz CT molecular complexity index is 691. The van der Waals surface area contributed by atoms with Crippen molar-refractivity contribution in [3.05, 3.63) is 29.8 Å². The Hall–Kier alpha value is -2.57. The number of benzene rings is 1. The van der Waals surface area contributed by atoms with Gasteiger partial charge in [-0.1, -0.05) is 18.2 Å². The summed E-state index contributed by atoms with van der Waals surface area (Å²) in [5, 5.41) is 12.2. The van der Waals surface area contributed by atoms with Gasteiger partial charge in [0.2, 0.25) is 11.8 Å². The molecule has 148 valence electrons. The number of carboxylic acids is 1. The van der Waals surface area contributed by atoms with Crippen molar-refractivity contribution in [3.63, 3.8) is 0 Å². The number of hydrogen-bond acceptors (Lipinski definition) is 4. The molecule has 1 aromatic rings. The van der Waals surface area contributed by atoms with E-state index in [1.807, 2.05) is 31.2 Å². The van der Waals surface area contributed by atoms with Crippen LogP contribution in [0.3, 0.4) is 0 Å². The van der Waals surface area contributed by atoms with Crippen molar-refractivity contribution in [1.82, 2.24) is 10.2 Å². The Morgan fingerprint density at radius 2 is 2.04 bits per heavy atom. The van der Waals surface area contributed by atoms with E-state index in [0.29, 0.717) is 31.7 Å². The van der Waals surface area contributed by atoms with E-state index in [-0.39, 0.29) is 24.3 Å². The Balaban J connectivity index is 2.22. The topological polar surface area (TPSA) is 95.9 Å². The lowest BCUT2D eigenvalue weighted by atomic mass is 9.89. The molecule has 7 nitrogen and oxygen atoms in total. The average molecular weight is 376 g/mol. The first-order valence-corrected chi connectivity index (χ1v) is 9.36. The number of nitrogens with zero attached hydrogens (tertiary/aromatic N) is 1. The second kappa shape index (κ2) is 9.39. The van der Waals surface area contributed by atoms with Crippen LogP contribution in [0.5, 0.6) is 5.75 Å². The molecular formula is C20H28N2O5. The minimum Gasteiger partial charge on any atom is -0.494 e. The molecular weight excluding hydrogens is 348 g/mol. The third kappa shape index (κ3) is 5.21. The number of rotatable bonds is 7. The van der Waals surface area contributed by atoms with E-state index >= 15 is 0 Å². The van der Waals surface area contributed by atoms with Crippen molar-refractivity contribution < 1.29 is 24.2 Å². The molecule has 1 heterocycles. The van der Waals surface area contributed by atoms with Crippen LogP contribution in [-0.2, 0) is 14.4 Å². The summed E-state index contributed by atoms with van der Waals surface area (Å²) in [5.41, 5.74) is 0.738. The van der Waals surface area contributed by atoms with Crippen molar-refractivity contribution >= 4 is 17.8 Å². The van der Waals surface area contributed by atoms with Crippen molar-refractivity contribution in [2.24, 2.45) is 5.92 Å². The molecule has 0 radical (unpaired) electrons. The van der Waals surface area contributed by atoms with Crippen molar-refractivity contribution in [1.29, 1.82) is 0 Å². The van der Waals surface area contributed by atoms with Gasteiger partial charge in [-0.2, -0.15) is 0 Å². The number of amides is 2. The van der Waals surface area contributed by atoms with Gasteiger partial charge in [0.05, 0.1) is 25.0 Å². The number of carboxylic acid groups (broad SMARTS) is 1. The first-order chi connectivity index (χ1) is 12.8. The quantitative estimate of drug-likeness (QED) is 0.762. The molecule has 0 aliphatic carbocycles. The Labute approximate surface area is 159 Å². The number of carbonyl (C=O) groups excluding carboxylic acids is 2. The van der Waals surface area contributed by atoms with Crippen molar-refractivity contribution in [3.8, 4) is 5.75 Å². The molecule has 2 amide bonds. The zero-order valence-electron chi connectivity index (χ0n) is 16.1. The van der Waals surface area contributed by atoms with Gasteiger partial charge in [-0.3, -0.25) is 14.4 Å². The van der Waals surface area contributed by atoms with Crippen LogP contribution in [0.15, 0.2) is 24.3 Å². The molecule has 1 aliphatic heterocycles. The summed E-state index contributed by atoms with van der Waals surface area (Å²) in [7, 11) is 0. The predicted octanol–water partition coefficient (Wildman–Crippen LogP) is 2.36. The Morgan fingerprint density at radius 3 is 2.67 bits per heavy atom. The van der Waals surface area contributed by atoms with Crippen LogP contribution >= 0.6 is 0 Å². The highest BCUT2D eigenvalue weighted by atomic mass is 16.5. The van der Waals surface area contributed by atoms with Crippen LogP contribution in [0.2, 0.25) is 0 Å². The van der Waals surface area contributed by atoms with Gasteiger partial charge in [0.25, 0.3) is 0 Å². The zero-order chi connectivity index (χ0) is 20.0. The van der Waals surface area contributed by atoms with E-state index in [2.05, 4.69) is 5.32 Å². The third-order valence-corrected chi connectivity index (χ3v) is 4.98. The fourth-order valence-electron chi connectivity index (χ4n) is 3.66. The van der Waals surface area contributed by atoms with E-state index in [1.165, 1.54) is 6.92 Å². The molecule has 1 unspecified atom stereocenters. The minimum atomic E-state index is -0.875. The molecule has 1 saturated heterocycles. The van der Waals surface area contributed by atoms with Gasteiger partial charge >= 0.3 is 5.97 Å². The molecule has 2 N–H and O–H groups in total. The molecule has 0 spiro atoms. The number of carbonyl (C=O) groups is 3. The van der Waals surface area contributed by atoms with Crippen LogP contribution in [0.4, 0.5) is 0 Å². The summed E-state index contributed by atoms with van der Waals surface area (Å²) in [6.07, 6.45) is 1.29. The Morgan fingerprint density at radius 1 is 1.33 bits per heavy atom. The maximum absolute atomic E-state index is 13.0. The number of ether oxygens (including phenoxy) is 1. The van der Waals surface area contributed by atoms with Crippen LogP contribution in [0.1, 0.15) is 51.6 Å². The summed E-state index contributed by atoms with van der Waals surface area (Å²) < 4.78 is 5.64. The lowest BCUT2D eigenvalue weighted by Crippen LogP contribution is -2.49. The number of nitrogens with one attached hydrogen (secondary N) is 1. The van der Waals surface area contributed by atoms with E-state index < -0.39 is 17.9 Å². The standard InChI is InChI=1S/C20H28N2O5/c1-4-27-18-10-6-5-8-16(18)17(21-14(3)23)12-19(24)22-11-7-9-15(13(22)2)20(25)26/h5-6,8,10,13,15,17H,4,7,9,11-12H2,1-3H3,(H,21,23)(H,25,26)/t13-,15-,17?/m0/s1. The van der Waals surface area contributed by atoms with Gasteiger partial charge in [-0.15, -0.1) is 0 Å². The van der Waals surface area contributed by atoms with Crippen molar-refractivity contribution in [2.45, 2.75) is 52.1 Å². The van der Waals surface area contributed by atoms with Crippen LogP contribution in [-0.4, -0.2) is 47.0 Å². The van der Waals surface area contributed by atoms with Crippen molar-refractivity contribution in [2.75, 3.05) is 13.2 Å². The molecule has 27 heavy (non-hydrogen) atoms. The normalized spacial score (nSPS) is 20.6. The highest BCUT2D eigenvalue weighted by molar-refractivity contribution is 5.81. The largest absolute Gasteiger partial charge is 0.494 e. The number of hydrogen-bond donors (Lipinski definition) is 2.